The molecule has 0 radical (unpaired) electrons. The summed E-state index contributed by atoms with van der Waals surface area (Å²) >= 11 is 6.66. The molecule has 2 aliphatic heterocycles. The van der Waals surface area contributed by atoms with Crippen molar-refractivity contribution in [2.24, 2.45) is 0 Å². The summed E-state index contributed by atoms with van der Waals surface area (Å²) < 4.78 is 23.5. The lowest BCUT2D eigenvalue weighted by Crippen LogP contribution is -2.33. The second kappa shape index (κ2) is 11.1. The molecule has 0 aromatic heterocycles. The van der Waals surface area contributed by atoms with Gasteiger partial charge in [0.1, 0.15) is 17.2 Å². The summed E-state index contributed by atoms with van der Waals surface area (Å²) in [5.41, 5.74) is 4.43. The van der Waals surface area contributed by atoms with E-state index in [1.165, 1.54) is 7.11 Å². The molecule has 4 aromatic carbocycles. The monoisotopic (exact) mass is 597 g/mol. The molecular formula is C34H28ClNO7. The lowest BCUT2D eigenvalue weighted by molar-refractivity contribution is -0.136. The van der Waals surface area contributed by atoms with E-state index in [2.05, 4.69) is 6.58 Å². The Bertz CT molecular complexity index is 1770. The Balaban J connectivity index is 1.50. The van der Waals surface area contributed by atoms with E-state index in [1.54, 1.807) is 30.3 Å². The van der Waals surface area contributed by atoms with Crippen LogP contribution in [0.5, 0.6) is 17.2 Å². The van der Waals surface area contributed by atoms with Gasteiger partial charge in [-0.05, 0) is 47.9 Å². The molecule has 1 spiro atoms. The predicted molar refractivity (Wildman–Crippen MR) is 163 cm³/mol. The maximum absolute atomic E-state index is 13.3. The quantitative estimate of drug-likeness (QED) is 0.158. The van der Waals surface area contributed by atoms with Crippen LogP contribution in [0, 0.1) is 0 Å². The van der Waals surface area contributed by atoms with Crippen LogP contribution in [0.15, 0.2) is 79.4 Å². The molecule has 0 saturated heterocycles. The number of rotatable bonds is 9. The number of benzene rings is 4. The van der Waals surface area contributed by atoms with Gasteiger partial charge < -0.3 is 29.0 Å². The Labute approximate surface area is 253 Å². The summed E-state index contributed by atoms with van der Waals surface area (Å²) in [4.78, 5) is 26.3. The highest BCUT2D eigenvalue weighted by atomic mass is 35.5. The fraction of sp³-hybridized carbons (Fsp3) is 0.176. The van der Waals surface area contributed by atoms with Gasteiger partial charge in [0, 0.05) is 55.1 Å². The van der Waals surface area contributed by atoms with E-state index in [-0.39, 0.29) is 13.2 Å². The minimum Gasteiger partial charge on any atom is -0.481 e. The van der Waals surface area contributed by atoms with Crippen molar-refractivity contribution < 1.29 is 33.6 Å². The first-order valence-electron chi connectivity index (χ1n) is 13.6. The van der Waals surface area contributed by atoms with Gasteiger partial charge in [0.15, 0.2) is 12.4 Å². The molecule has 0 bridgehead atoms. The molecule has 0 saturated carbocycles. The van der Waals surface area contributed by atoms with E-state index in [0.717, 1.165) is 22.5 Å². The van der Waals surface area contributed by atoms with Gasteiger partial charge in [0.05, 0.1) is 16.3 Å². The van der Waals surface area contributed by atoms with Crippen LogP contribution in [0.1, 0.15) is 44.6 Å². The lowest BCUT2D eigenvalue weighted by atomic mass is 9.77. The van der Waals surface area contributed by atoms with Crippen LogP contribution in [-0.2, 0) is 26.3 Å². The van der Waals surface area contributed by atoms with Gasteiger partial charge in [0.2, 0.25) is 0 Å². The standard InChI is InChI=1S/C34H28ClNO7/c1-4-21-15-25-29(17-28(21)36(2)22-12-9-20(10-13-22)11-14-32(37)38)42-30-18-31(41-19-40-3)27(35)16-26(30)34(25)24-8-6-5-7-23(24)33(39)43-34/h4-10,12-13,15-18H,1,11,14,19H2,2-3H3,(H,37,38). The van der Waals surface area contributed by atoms with Crippen LogP contribution in [-0.4, -0.2) is 38.0 Å². The Morgan fingerprint density at radius 1 is 1.05 bits per heavy atom. The molecule has 4 aromatic rings. The van der Waals surface area contributed by atoms with Crippen molar-refractivity contribution >= 4 is 41.0 Å². The zero-order valence-electron chi connectivity index (χ0n) is 23.6. The third-order valence-electron chi connectivity index (χ3n) is 7.78. The molecule has 2 aliphatic rings. The van der Waals surface area contributed by atoms with Gasteiger partial charge in [-0.1, -0.05) is 54.6 Å². The fourth-order valence-corrected chi connectivity index (χ4v) is 5.90. The van der Waals surface area contributed by atoms with E-state index < -0.39 is 17.5 Å². The van der Waals surface area contributed by atoms with Gasteiger partial charge >= 0.3 is 11.9 Å². The summed E-state index contributed by atoms with van der Waals surface area (Å²) in [5.74, 6) is -0.00526. The number of esters is 1. The van der Waals surface area contributed by atoms with Crippen molar-refractivity contribution in [2.45, 2.75) is 18.4 Å². The number of aliphatic carboxylic acids is 1. The number of ether oxygens (including phenoxy) is 4. The van der Waals surface area contributed by atoms with Crippen LogP contribution in [0.4, 0.5) is 11.4 Å². The number of aryl methyl sites for hydroxylation is 1. The third-order valence-corrected chi connectivity index (χ3v) is 8.07. The fourth-order valence-electron chi connectivity index (χ4n) is 5.68. The molecule has 43 heavy (non-hydrogen) atoms. The number of anilines is 2. The SMILES string of the molecule is C=Cc1cc2c(cc1N(C)c1ccc(CCC(=O)O)cc1)Oc1cc(OCOC)c(Cl)cc1C21OC(=O)c2ccccc21. The van der Waals surface area contributed by atoms with Crippen molar-refractivity contribution in [2.75, 3.05) is 25.9 Å². The highest BCUT2D eigenvalue weighted by Crippen LogP contribution is 2.58. The predicted octanol–water partition coefficient (Wildman–Crippen LogP) is 7.32. The molecule has 218 valence electrons. The first-order chi connectivity index (χ1) is 20.8. The molecule has 1 N–H and O–H groups in total. The number of carboxylic acid groups (broad SMARTS) is 1. The third kappa shape index (κ3) is 4.78. The van der Waals surface area contributed by atoms with Gasteiger partial charge in [-0.15, -0.1) is 0 Å². The maximum atomic E-state index is 13.3. The number of hydrogen-bond acceptors (Lipinski definition) is 7. The number of carboxylic acids is 1. The lowest BCUT2D eigenvalue weighted by Gasteiger charge is -2.38. The van der Waals surface area contributed by atoms with Crippen LogP contribution in [0.2, 0.25) is 5.02 Å². The summed E-state index contributed by atoms with van der Waals surface area (Å²) in [6.45, 7) is 4.05. The van der Waals surface area contributed by atoms with Crippen molar-refractivity contribution in [1.82, 2.24) is 0 Å². The molecule has 0 amide bonds. The first-order valence-corrected chi connectivity index (χ1v) is 14.0. The number of fused-ring (bicyclic) bond motifs is 6. The summed E-state index contributed by atoms with van der Waals surface area (Å²) in [6, 6.07) is 22.2. The van der Waals surface area contributed by atoms with Crippen molar-refractivity contribution in [3.63, 3.8) is 0 Å². The molecule has 0 aliphatic carbocycles. The normalized spacial score (nSPS) is 16.0. The van der Waals surface area contributed by atoms with Gasteiger partial charge in [-0.25, -0.2) is 4.79 Å². The Kier molecular flexibility index (Phi) is 7.33. The Hall–Kier alpha value is -4.79. The molecule has 9 heteroatoms. The highest BCUT2D eigenvalue weighted by molar-refractivity contribution is 6.32. The average Bonchev–Trinajstić information content (AvgIpc) is 3.31. The highest BCUT2D eigenvalue weighted by Gasteiger charge is 2.54. The number of carbonyl (C=O) groups excluding carboxylic acids is 1. The Morgan fingerprint density at radius 3 is 2.49 bits per heavy atom. The molecule has 0 fully saturated rings. The largest absolute Gasteiger partial charge is 0.481 e. The second-order valence-corrected chi connectivity index (χ2v) is 10.7. The average molecular weight is 598 g/mol. The molecule has 1 unspecified atom stereocenters. The summed E-state index contributed by atoms with van der Waals surface area (Å²) in [6.07, 6.45) is 2.26. The molecular weight excluding hydrogens is 570 g/mol. The molecule has 6 rings (SSSR count). The number of nitrogens with zero attached hydrogens (tertiary/aromatic N) is 1. The van der Waals surface area contributed by atoms with Crippen molar-refractivity contribution in [3.8, 4) is 17.2 Å². The van der Waals surface area contributed by atoms with Gasteiger partial charge in [-0.3, -0.25) is 4.79 Å². The van der Waals surface area contributed by atoms with E-state index in [0.29, 0.717) is 50.9 Å². The minimum atomic E-state index is -1.32. The first kappa shape index (κ1) is 28.3. The maximum Gasteiger partial charge on any atom is 0.340 e. The van der Waals surface area contributed by atoms with Crippen molar-refractivity contribution in [1.29, 1.82) is 0 Å². The number of halogens is 1. The molecule has 8 nitrogen and oxygen atoms in total. The zero-order chi connectivity index (χ0) is 30.3. The smallest absolute Gasteiger partial charge is 0.340 e. The minimum absolute atomic E-state index is 0.00914. The zero-order valence-corrected chi connectivity index (χ0v) is 24.3. The number of methoxy groups -OCH3 is 1. The molecule has 1 atom stereocenters. The Morgan fingerprint density at radius 2 is 1.77 bits per heavy atom. The van der Waals surface area contributed by atoms with Crippen molar-refractivity contribution in [3.05, 3.63) is 118 Å². The topological polar surface area (TPSA) is 94.5 Å². The second-order valence-electron chi connectivity index (χ2n) is 10.3. The van der Waals surface area contributed by atoms with Crippen LogP contribution < -0.4 is 14.4 Å². The summed E-state index contributed by atoms with van der Waals surface area (Å²) in [5, 5.41) is 9.33. The molecule has 2 heterocycles. The van der Waals surface area contributed by atoms with E-state index in [1.807, 2.05) is 60.5 Å². The van der Waals surface area contributed by atoms with E-state index in [4.69, 9.17) is 35.7 Å². The number of carbonyl (C=O) groups is 2. The van der Waals surface area contributed by atoms with Crippen LogP contribution >= 0.6 is 11.6 Å². The van der Waals surface area contributed by atoms with Gasteiger partial charge in [-0.2, -0.15) is 0 Å². The van der Waals surface area contributed by atoms with E-state index >= 15 is 0 Å². The van der Waals surface area contributed by atoms with Gasteiger partial charge in [0.25, 0.3) is 0 Å². The number of hydrogen-bond donors (Lipinski definition) is 1. The van der Waals surface area contributed by atoms with E-state index in [9.17, 15) is 9.59 Å². The summed E-state index contributed by atoms with van der Waals surface area (Å²) in [7, 11) is 3.44. The van der Waals surface area contributed by atoms with Crippen LogP contribution in [0.25, 0.3) is 6.08 Å². The van der Waals surface area contributed by atoms with Crippen LogP contribution in [0.3, 0.4) is 0 Å².